The number of nitrogens with one attached hydrogen (secondary N) is 1. The van der Waals surface area contributed by atoms with Gasteiger partial charge in [-0.2, -0.15) is 0 Å². The first-order chi connectivity index (χ1) is 10.8. The molecular weight excluding hydrogens is 324 g/mol. The molecule has 0 saturated heterocycles. The van der Waals surface area contributed by atoms with Crippen LogP contribution < -0.4 is 5.32 Å². The van der Waals surface area contributed by atoms with Crippen LogP contribution in [-0.2, 0) is 6.42 Å². The summed E-state index contributed by atoms with van der Waals surface area (Å²) in [7, 11) is 0. The largest absolute Gasteiger partial charge is 0.469 e. The molecule has 2 aromatic rings. The Kier molecular flexibility index (Phi) is 5.02. The van der Waals surface area contributed by atoms with E-state index in [-0.39, 0.29) is 29.2 Å². The fourth-order valence-corrected chi connectivity index (χ4v) is 2.22. The van der Waals surface area contributed by atoms with E-state index in [2.05, 4.69) is 5.32 Å². The van der Waals surface area contributed by atoms with Crippen molar-refractivity contribution in [2.75, 3.05) is 6.54 Å². The topological polar surface area (TPSA) is 106 Å². The zero-order valence-corrected chi connectivity index (χ0v) is 13.0. The van der Waals surface area contributed by atoms with Crippen LogP contribution in [0.3, 0.4) is 0 Å². The van der Waals surface area contributed by atoms with Gasteiger partial charge in [0.15, 0.2) is 0 Å². The van der Waals surface area contributed by atoms with Gasteiger partial charge in [-0.15, -0.1) is 0 Å². The summed E-state index contributed by atoms with van der Waals surface area (Å²) in [4.78, 5) is 22.3. The molecule has 2 N–H and O–H groups in total. The molecule has 0 aliphatic rings. The molecule has 1 aromatic heterocycles. The van der Waals surface area contributed by atoms with E-state index in [1.54, 1.807) is 19.1 Å². The predicted octanol–water partition coefficient (Wildman–Crippen LogP) is 2.56. The van der Waals surface area contributed by atoms with E-state index in [1.807, 2.05) is 0 Å². The van der Waals surface area contributed by atoms with Gasteiger partial charge in [0.25, 0.3) is 11.6 Å². The number of hydrogen-bond acceptors (Lipinski definition) is 5. The van der Waals surface area contributed by atoms with Crippen LogP contribution in [0.4, 0.5) is 5.69 Å². The third-order valence-electron chi connectivity index (χ3n) is 3.17. The number of furan rings is 1. The van der Waals surface area contributed by atoms with Gasteiger partial charge in [-0.1, -0.05) is 11.6 Å². The summed E-state index contributed by atoms with van der Waals surface area (Å²) < 4.78 is 5.15. The highest BCUT2D eigenvalue weighted by molar-refractivity contribution is 6.33. The smallest absolute Gasteiger partial charge is 0.270 e. The molecule has 1 aromatic carbocycles. The Hall–Kier alpha value is -2.38. The highest BCUT2D eigenvalue weighted by Crippen LogP contribution is 2.22. The second kappa shape index (κ2) is 6.80. The minimum atomic E-state index is -1.24. The highest BCUT2D eigenvalue weighted by Gasteiger charge is 2.24. The molecule has 1 amide bonds. The summed E-state index contributed by atoms with van der Waals surface area (Å²) in [5.74, 6) is -0.0175. The summed E-state index contributed by atoms with van der Waals surface area (Å²) in [5.41, 5.74) is -1.49. The summed E-state index contributed by atoms with van der Waals surface area (Å²) in [6.45, 7) is 1.48. The van der Waals surface area contributed by atoms with Gasteiger partial charge in [-0.05, 0) is 25.1 Å². The molecule has 7 nitrogen and oxygen atoms in total. The third kappa shape index (κ3) is 4.54. The van der Waals surface area contributed by atoms with Crippen molar-refractivity contribution in [3.05, 3.63) is 63.1 Å². The van der Waals surface area contributed by atoms with Gasteiger partial charge in [0.05, 0.1) is 27.4 Å². The molecule has 0 bridgehead atoms. The molecule has 8 heteroatoms. The first-order valence-electron chi connectivity index (χ1n) is 6.75. The number of carbonyl (C=O) groups excluding carboxylic acids is 1. The molecular formula is C15H15ClN2O5. The van der Waals surface area contributed by atoms with Crippen LogP contribution in [0.25, 0.3) is 0 Å². The van der Waals surface area contributed by atoms with Crippen molar-refractivity contribution in [1.29, 1.82) is 0 Å². The summed E-state index contributed by atoms with van der Waals surface area (Å²) in [6, 6.07) is 7.02. The number of nitro benzene ring substituents is 1. The summed E-state index contributed by atoms with van der Waals surface area (Å²) in [6.07, 6.45) is 1.70. The van der Waals surface area contributed by atoms with Crippen LogP contribution in [0.15, 0.2) is 41.0 Å². The van der Waals surface area contributed by atoms with Crippen LogP contribution in [0.1, 0.15) is 23.0 Å². The number of amides is 1. The third-order valence-corrected chi connectivity index (χ3v) is 3.50. The van der Waals surface area contributed by atoms with Crippen LogP contribution in [-0.4, -0.2) is 28.1 Å². The SMILES string of the molecule is CC(O)(CNC(=O)c1cc([N+](=O)[O-])ccc1Cl)Cc1ccco1. The Labute approximate surface area is 137 Å². The standard InChI is InChI=1S/C15H15ClN2O5/c1-15(20,8-11-3-2-6-23-11)9-17-14(19)12-7-10(18(21)22)4-5-13(12)16/h2-7,20H,8-9H2,1H3,(H,17,19). The van der Waals surface area contributed by atoms with E-state index in [0.717, 1.165) is 6.07 Å². The number of non-ortho nitro benzene ring substituents is 1. The van der Waals surface area contributed by atoms with Crippen molar-refractivity contribution < 1.29 is 19.2 Å². The zero-order valence-electron chi connectivity index (χ0n) is 12.3. The van der Waals surface area contributed by atoms with Crippen molar-refractivity contribution in [2.24, 2.45) is 0 Å². The Morgan fingerprint density at radius 3 is 2.83 bits per heavy atom. The fourth-order valence-electron chi connectivity index (χ4n) is 2.02. The molecule has 0 radical (unpaired) electrons. The van der Waals surface area contributed by atoms with Gasteiger partial charge >= 0.3 is 0 Å². The summed E-state index contributed by atoms with van der Waals surface area (Å²) in [5, 5.41) is 23.7. The molecule has 0 fully saturated rings. The maximum atomic E-state index is 12.1. The molecule has 1 heterocycles. The molecule has 0 aliphatic carbocycles. The van der Waals surface area contributed by atoms with Crippen LogP contribution in [0, 0.1) is 10.1 Å². The molecule has 1 unspecified atom stereocenters. The first-order valence-corrected chi connectivity index (χ1v) is 7.13. The van der Waals surface area contributed by atoms with Crippen molar-refractivity contribution in [3.8, 4) is 0 Å². The average Bonchev–Trinajstić information content (AvgIpc) is 2.97. The second-order valence-electron chi connectivity index (χ2n) is 5.36. The predicted molar refractivity (Wildman–Crippen MR) is 83.5 cm³/mol. The maximum Gasteiger partial charge on any atom is 0.270 e. The first kappa shape index (κ1) is 17.0. The molecule has 0 spiro atoms. The van der Waals surface area contributed by atoms with E-state index in [9.17, 15) is 20.0 Å². The Morgan fingerprint density at radius 2 is 2.22 bits per heavy atom. The lowest BCUT2D eigenvalue weighted by Gasteiger charge is -2.22. The molecule has 2 rings (SSSR count). The highest BCUT2D eigenvalue weighted by atomic mass is 35.5. The van der Waals surface area contributed by atoms with E-state index in [4.69, 9.17) is 16.0 Å². The van der Waals surface area contributed by atoms with Gasteiger partial charge in [-0.25, -0.2) is 0 Å². The van der Waals surface area contributed by atoms with Crippen LogP contribution in [0.2, 0.25) is 5.02 Å². The lowest BCUT2D eigenvalue weighted by molar-refractivity contribution is -0.384. The van der Waals surface area contributed by atoms with Gasteiger partial charge in [-0.3, -0.25) is 14.9 Å². The Morgan fingerprint density at radius 1 is 1.48 bits per heavy atom. The number of nitro groups is 1. The monoisotopic (exact) mass is 338 g/mol. The van der Waals surface area contributed by atoms with E-state index < -0.39 is 16.4 Å². The van der Waals surface area contributed by atoms with Gasteiger partial charge in [0, 0.05) is 25.1 Å². The lowest BCUT2D eigenvalue weighted by Crippen LogP contribution is -2.42. The fraction of sp³-hybridized carbons (Fsp3) is 0.267. The number of nitrogens with zero attached hydrogens (tertiary/aromatic N) is 1. The minimum Gasteiger partial charge on any atom is -0.469 e. The number of hydrogen-bond donors (Lipinski definition) is 2. The van der Waals surface area contributed by atoms with Gasteiger partial charge in [0.1, 0.15) is 5.76 Å². The van der Waals surface area contributed by atoms with Crippen molar-refractivity contribution in [2.45, 2.75) is 18.9 Å². The van der Waals surface area contributed by atoms with Gasteiger partial charge < -0.3 is 14.8 Å². The van der Waals surface area contributed by atoms with E-state index in [1.165, 1.54) is 18.4 Å². The molecule has 0 aliphatic heterocycles. The van der Waals surface area contributed by atoms with E-state index in [0.29, 0.717) is 5.76 Å². The number of halogens is 1. The molecule has 0 saturated carbocycles. The number of benzene rings is 1. The number of carbonyl (C=O) groups is 1. The Bertz CT molecular complexity index is 713. The number of aliphatic hydroxyl groups is 1. The van der Waals surface area contributed by atoms with Crippen LogP contribution >= 0.6 is 11.6 Å². The maximum absolute atomic E-state index is 12.1. The van der Waals surface area contributed by atoms with E-state index >= 15 is 0 Å². The van der Waals surface area contributed by atoms with Crippen molar-refractivity contribution in [1.82, 2.24) is 5.32 Å². The van der Waals surface area contributed by atoms with Crippen molar-refractivity contribution >= 4 is 23.2 Å². The van der Waals surface area contributed by atoms with Crippen LogP contribution in [0.5, 0.6) is 0 Å². The quantitative estimate of drug-likeness (QED) is 0.622. The average molecular weight is 339 g/mol. The molecule has 122 valence electrons. The number of rotatable bonds is 6. The van der Waals surface area contributed by atoms with Gasteiger partial charge in [0.2, 0.25) is 0 Å². The second-order valence-corrected chi connectivity index (χ2v) is 5.76. The lowest BCUT2D eigenvalue weighted by atomic mass is 10.0. The molecule has 1 atom stereocenters. The minimum absolute atomic E-state index is 0.0188. The van der Waals surface area contributed by atoms with Crippen molar-refractivity contribution in [3.63, 3.8) is 0 Å². The molecule has 23 heavy (non-hydrogen) atoms. The normalized spacial score (nSPS) is 13.3. The summed E-state index contributed by atoms with van der Waals surface area (Å²) >= 11 is 5.90. The Balaban J connectivity index is 2.04. The zero-order chi connectivity index (χ0) is 17.0.